The zero-order valence-corrected chi connectivity index (χ0v) is 11.4. The van der Waals surface area contributed by atoms with Crippen LogP contribution in [0.2, 0.25) is 0 Å². The van der Waals surface area contributed by atoms with Crippen LogP contribution in [-0.4, -0.2) is 36.6 Å². The zero-order valence-electron chi connectivity index (χ0n) is 10.6. The maximum atomic E-state index is 3.64. The van der Waals surface area contributed by atoms with Gasteiger partial charge in [-0.1, -0.05) is 0 Å². The van der Waals surface area contributed by atoms with Crippen molar-refractivity contribution < 1.29 is 0 Å². The minimum Gasteiger partial charge on any atom is -0.311 e. The molecule has 0 amide bonds. The summed E-state index contributed by atoms with van der Waals surface area (Å²) >= 11 is 1.82. The second-order valence-corrected chi connectivity index (χ2v) is 6.37. The third kappa shape index (κ3) is 2.90. The van der Waals surface area contributed by atoms with Crippen LogP contribution in [0.5, 0.6) is 0 Å². The topological polar surface area (TPSA) is 15.3 Å². The molecule has 1 saturated heterocycles. The Bertz CT molecular complexity index is 345. The van der Waals surface area contributed by atoms with Crippen molar-refractivity contribution >= 4 is 11.3 Å². The van der Waals surface area contributed by atoms with Crippen LogP contribution < -0.4 is 5.32 Å². The molecule has 1 saturated carbocycles. The first-order valence-corrected chi connectivity index (χ1v) is 7.76. The SMILES string of the molecule is CC1CN(CCc2ccsc2)C(C2CC2)CN1. The molecule has 2 atom stereocenters. The van der Waals surface area contributed by atoms with E-state index in [1.165, 1.54) is 44.5 Å². The molecule has 0 radical (unpaired) electrons. The van der Waals surface area contributed by atoms with Gasteiger partial charge in [-0.3, -0.25) is 4.90 Å². The predicted octanol–water partition coefficient (Wildman–Crippen LogP) is 2.36. The van der Waals surface area contributed by atoms with E-state index in [4.69, 9.17) is 0 Å². The van der Waals surface area contributed by atoms with Crippen molar-refractivity contribution in [3.8, 4) is 0 Å². The summed E-state index contributed by atoms with van der Waals surface area (Å²) in [4.78, 5) is 2.73. The first kappa shape index (κ1) is 11.7. The van der Waals surface area contributed by atoms with Crippen LogP contribution in [0, 0.1) is 5.92 Å². The number of hydrogen-bond donors (Lipinski definition) is 1. The summed E-state index contributed by atoms with van der Waals surface area (Å²) in [5, 5.41) is 8.11. The largest absolute Gasteiger partial charge is 0.311 e. The molecule has 2 unspecified atom stereocenters. The van der Waals surface area contributed by atoms with Gasteiger partial charge in [0.05, 0.1) is 0 Å². The molecule has 2 fully saturated rings. The zero-order chi connectivity index (χ0) is 11.7. The van der Waals surface area contributed by atoms with Gasteiger partial charge in [0, 0.05) is 31.7 Å². The third-order valence-electron chi connectivity index (χ3n) is 4.09. The van der Waals surface area contributed by atoms with Gasteiger partial charge < -0.3 is 5.32 Å². The van der Waals surface area contributed by atoms with Gasteiger partial charge in [-0.05, 0) is 54.5 Å². The molecule has 0 aromatic carbocycles. The molecule has 2 aliphatic rings. The standard InChI is InChI=1S/C14H22N2S/c1-11-9-16(6-4-12-5-7-17-10-12)14(8-15-11)13-2-3-13/h5,7,10-11,13-15H,2-4,6,8-9H2,1H3. The second kappa shape index (κ2) is 5.09. The molecule has 2 nitrogen and oxygen atoms in total. The van der Waals surface area contributed by atoms with Gasteiger partial charge in [-0.15, -0.1) is 0 Å². The quantitative estimate of drug-likeness (QED) is 0.882. The van der Waals surface area contributed by atoms with Crippen molar-refractivity contribution in [2.24, 2.45) is 5.92 Å². The lowest BCUT2D eigenvalue weighted by Crippen LogP contribution is -2.56. The molecule has 1 aliphatic carbocycles. The molecular weight excluding hydrogens is 228 g/mol. The summed E-state index contributed by atoms with van der Waals surface area (Å²) < 4.78 is 0. The van der Waals surface area contributed by atoms with E-state index >= 15 is 0 Å². The number of piperazine rings is 1. The van der Waals surface area contributed by atoms with E-state index in [1.54, 1.807) is 0 Å². The Labute approximate surface area is 108 Å². The highest BCUT2D eigenvalue weighted by molar-refractivity contribution is 7.07. The van der Waals surface area contributed by atoms with E-state index in [0.717, 1.165) is 12.0 Å². The normalized spacial score (nSPS) is 30.6. The summed E-state index contributed by atoms with van der Waals surface area (Å²) in [7, 11) is 0. The van der Waals surface area contributed by atoms with Crippen LogP contribution >= 0.6 is 11.3 Å². The molecule has 17 heavy (non-hydrogen) atoms. The molecule has 0 spiro atoms. The van der Waals surface area contributed by atoms with Gasteiger partial charge in [0.1, 0.15) is 0 Å². The summed E-state index contributed by atoms with van der Waals surface area (Å²) in [6.07, 6.45) is 4.13. The van der Waals surface area contributed by atoms with Crippen LogP contribution in [-0.2, 0) is 6.42 Å². The Balaban J connectivity index is 1.57. The summed E-state index contributed by atoms with van der Waals surface area (Å²) in [5.41, 5.74) is 1.51. The molecule has 1 aromatic rings. The maximum absolute atomic E-state index is 3.64. The van der Waals surface area contributed by atoms with Gasteiger partial charge in [0.2, 0.25) is 0 Å². The Hall–Kier alpha value is -0.380. The summed E-state index contributed by atoms with van der Waals surface area (Å²) in [5.74, 6) is 0.984. The maximum Gasteiger partial charge on any atom is 0.0249 e. The number of hydrogen-bond acceptors (Lipinski definition) is 3. The van der Waals surface area contributed by atoms with Crippen LogP contribution in [0.15, 0.2) is 16.8 Å². The molecule has 94 valence electrons. The van der Waals surface area contributed by atoms with Gasteiger partial charge in [0.25, 0.3) is 0 Å². The first-order valence-electron chi connectivity index (χ1n) is 6.81. The Kier molecular flexibility index (Phi) is 3.50. The van der Waals surface area contributed by atoms with E-state index < -0.39 is 0 Å². The van der Waals surface area contributed by atoms with E-state index in [2.05, 4.69) is 34.0 Å². The summed E-state index contributed by atoms with van der Waals surface area (Å²) in [6.45, 7) is 5.98. The highest BCUT2D eigenvalue weighted by Crippen LogP contribution is 2.36. The minimum absolute atomic E-state index is 0.660. The Morgan fingerprint density at radius 1 is 1.47 bits per heavy atom. The van der Waals surface area contributed by atoms with Crippen LogP contribution in [0.25, 0.3) is 0 Å². The number of rotatable bonds is 4. The molecule has 3 rings (SSSR count). The van der Waals surface area contributed by atoms with E-state index in [-0.39, 0.29) is 0 Å². The van der Waals surface area contributed by atoms with Gasteiger partial charge in [0.15, 0.2) is 0 Å². The van der Waals surface area contributed by atoms with Gasteiger partial charge in [-0.25, -0.2) is 0 Å². The predicted molar refractivity (Wildman–Crippen MR) is 73.6 cm³/mol. The van der Waals surface area contributed by atoms with Gasteiger partial charge >= 0.3 is 0 Å². The fourth-order valence-electron chi connectivity index (χ4n) is 2.91. The fraction of sp³-hybridized carbons (Fsp3) is 0.714. The van der Waals surface area contributed by atoms with Crippen molar-refractivity contribution in [3.63, 3.8) is 0 Å². The molecule has 1 aliphatic heterocycles. The third-order valence-corrected chi connectivity index (χ3v) is 4.82. The Morgan fingerprint density at radius 2 is 2.35 bits per heavy atom. The molecule has 1 aromatic heterocycles. The van der Waals surface area contributed by atoms with Crippen molar-refractivity contribution in [1.29, 1.82) is 0 Å². The lowest BCUT2D eigenvalue weighted by atomic mass is 10.0. The van der Waals surface area contributed by atoms with Crippen LogP contribution in [0.4, 0.5) is 0 Å². The average Bonchev–Trinajstić information content (AvgIpc) is 3.03. The second-order valence-electron chi connectivity index (χ2n) is 5.59. The molecule has 2 heterocycles. The lowest BCUT2D eigenvalue weighted by Gasteiger charge is -2.39. The molecular formula is C14H22N2S. The lowest BCUT2D eigenvalue weighted by molar-refractivity contribution is 0.121. The van der Waals surface area contributed by atoms with Crippen molar-refractivity contribution in [3.05, 3.63) is 22.4 Å². The van der Waals surface area contributed by atoms with E-state index in [0.29, 0.717) is 6.04 Å². The number of nitrogens with zero attached hydrogens (tertiary/aromatic N) is 1. The van der Waals surface area contributed by atoms with Crippen molar-refractivity contribution in [1.82, 2.24) is 10.2 Å². The monoisotopic (exact) mass is 250 g/mol. The smallest absolute Gasteiger partial charge is 0.0249 e. The molecule has 3 heteroatoms. The number of thiophene rings is 1. The van der Waals surface area contributed by atoms with Crippen LogP contribution in [0.3, 0.4) is 0 Å². The molecule has 0 bridgehead atoms. The average molecular weight is 250 g/mol. The Morgan fingerprint density at radius 3 is 3.06 bits per heavy atom. The van der Waals surface area contributed by atoms with Gasteiger partial charge in [-0.2, -0.15) is 11.3 Å². The fourth-order valence-corrected chi connectivity index (χ4v) is 3.62. The highest BCUT2D eigenvalue weighted by Gasteiger charge is 2.37. The summed E-state index contributed by atoms with van der Waals surface area (Å²) in [6, 6.07) is 3.74. The first-order chi connectivity index (χ1) is 8.33. The van der Waals surface area contributed by atoms with E-state index in [9.17, 15) is 0 Å². The minimum atomic E-state index is 0.660. The van der Waals surface area contributed by atoms with Crippen molar-refractivity contribution in [2.75, 3.05) is 19.6 Å². The molecule has 1 N–H and O–H groups in total. The van der Waals surface area contributed by atoms with Crippen molar-refractivity contribution in [2.45, 2.75) is 38.3 Å². The van der Waals surface area contributed by atoms with Crippen LogP contribution in [0.1, 0.15) is 25.3 Å². The van der Waals surface area contributed by atoms with E-state index in [1.807, 2.05) is 11.3 Å². The number of nitrogens with one attached hydrogen (secondary N) is 1. The highest BCUT2D eigenvalue weighted by atomic mass is 32.1.